The van der Waals surface area contributed by atoms with Gasteiger partial charge in [0.05, 0.1) is 5.60 Å². The Balaban J connectivity index is 1.87. The maximum atomic E-state index is 14.4. The number of hydrogen-bond acceptors (Lipinski definition) is 4. The molecule has 162 valence electrons. The first-order chi connectivity index (χ1) is 14.3. The van der Waals surface area contributed by atoms with E-state index < -0.39 is 22.6 Å². The van der Waals surface area contributed by atoms with E-state index in [1.807, 2.05) is 0 Å². The molecule has 0 bridgehead atoms. The van der Waals surface area contributed by atoms with E-state index in [0.29, 0.717) is 47.1 Å². The van der Waals surface area contributed by atoms with Crippen molar-refractivity contribution in [1.82, 2.24) is 4.90 Å². The van der Waals surface area contributed by atoms with Gasteiger partial charge in [-0.05, 0) is 42.0 Å². The molecule has 1 aliphatic heterocycles. The third-order valence-corrected chi connectivity index (χ3v) is 6.77. The van der Waals surface area contributed by atoms with Crippen LogP contribution in [0.3, 0.4) is 0 Å². The van der Waals surface area contributed by atoms with Crippen molar-refractivity contribution < 1.29 is 23.2 Å². The fourth-order valence-corrected chi connectivity index (χ4v) is 4.69. The van der Waals surface area contributed by atoms with Gasteiger partial charge in [0.25, 0.3) is 0 Å². The van der Waals surface area contributed by atoms with Crippen molar-refractivity contribution in [2.75, 3.05) is 46.4 Å². The van der Waals surface area contributed by atoms with E-state index >= 15 is 0 Å². The van der Waals surface area contributed by atoms with E-state index in [-0.39, 0.29) is 6.03 Å². The van der Waals surface area contributed by atoms with Crippen molar-refractivity contribution in [1.29, 1.82) is 0 Å². The topological polar surface area (TPSA) is 65.1 Å². The molecule has 1 fully saturated rings. The van der Waals surface area contributed by atoms with Gasteiger partial charge in [-0.3, -0.25) is 4.90 Å². The van der Waals surface area contributed by atoms with E-state index in [4.69, 9.17) is 9.47 Å². The highest BCUT2D eigenvalue weighted by atomic mass is 32.2. The lowest BCUT2D eigenvalue weighted by Crippen LogP contribution is -2.36. The number of methoxy groups -OCH3 is 1. The van der Waals surface area contributed by atoms with Crippen molar-refractivity contribution in [2.24, 2.45) is 0 Å². The average molecular weight is 435 g/mol. The van der Waals surface area contributed by atoms with Crippen LogP contribution in [-0.4, -0.2) is 57.0 Å². The van der Waals surface area contributed by atoms with Crippen molar-refractivity contribution in [3.63, 3.8) is 0 Å². The third kappa shape index (κ3) is 4.62. The van der Waals surface area contributed by atoms with Gasteiger partial charge in [0.2, 0.25) is 0 Å². The molecule has 2 aromatic rings. The van der Waals surface area contributed by atoms with Crippen LogP contribution < -0.4 is 4.90 Å². The molecule has 0 saturated carbocycles. The van der Waals surface area contributed by atoms with Crippen LogP contribution >= 0.6 is 0 Å². The Morgan fingerprint density at radius 1 is 1.10 bits per heavy atom. The molecule has 2 aromatic carbocycles. The predicted octanol–water partition coefficient (Wildman–Crippen LogP) is 3.76. The molecule has 1 saturated heterocycles. The van der Waals surface area contributed by atoms with Crippen LogP contribution in [-0.2, 0) is 26.3 Å². The number of carbonyl (C=O) groups is 1. The monoisotopic (exact) mass is 434 g/mol. The summed E-state index contributed by atoms with van der Waals surface area (Å²) in [6.07, 6.45) is 1.22. The van der Waals surface area contributed by atoms with Crippen molar-refractivity contribution in [3.05, 3.63) is 53.8 Å². The number of anilines is 1. The van der Waals surface area contributed by atoms with Gasteiger partial charge in [-0.25, -0.2) is 9.18 Å². The summed E-state index contributed by atoms with van der Waals surface area (Å²) in [7, 11) is 6.63. The number of carbonyl (C=O) groups excluding carboxylic acids is 1. The molecule has 0 aromatic heterocycles. The summed E-state index contributed by atoms with van der Waals surface area (Å²) in [5, 5.41) is 0. The molecule has 8 heteroatoms. The lowest BCUT2D eigenvalue weighted by Gasteiger charge is -2.36. The summed E-state index contributed by atoms with van der Waals surface area (Å²) in [4.78, 5) is 16.0. The first-order valence-corrected chi connectivity index (χ1v) is 10.8. The zero-order valence-corrected chi connectivity index (χ0v) is 18.5. The van der Waals surface area contributed by atoms with Gasteiger partial charge in [0.1, 0.15) is 5.82 Å². The molecule has 1 atom stereocenters. The van der Waals surface area contributed by atoms with Crippen LogP contribution in [0, 0.1) is 5.82 Å². The number of ether oxygens (including phenoxy) is 2. The predicted molar refractivity (Wildman–Crippen MR) is 114 cm³/mol. The number of halogens is 1. The van der Waals surface area contributed by atoms with Crippen LogP contribution in [0.25, 0.3) is 0 Å². The standard InChI is InChI=1S/C22H27FN2O4S/c1-24(2)21(26)25(3)18-5-7-19(8-6-18)30(27)20-14-16(13-17(23)15-20)22(28-4)9-11-29-12-10-22/h5-8,13-15H,9-12H2,1-4H3. The second-order valence-corrected chi connectivity index (χ2v) is 8.97. The molecule has 0 aliphatic carbocycles. The van der Waals surface area contributed by atoms with E-state index in [2.05, 4.69) is 0 Å². The Hall–Kier alpha value is -2.13. The summed E-state index contributed by atoms with van der Waals surface area (Å²) < 4.78 is 38.7. The number of urea groups is 1. The summed E-state index contributed by atoms with van der Waals surface area (Å²) in [6, 6.07) is 11.2. The van der Waals surface area contributed by atoms with E-state index in [9.17, 15) is 13.7 Å². The number of nitrogens with zero attached hydrogens (tertiary/aromatic N) is 2. The summed E-state index contributed by atoms with van der Waals surface area (Å²) >= 11 is -1.57. The second-order valence-electron chi connectivity index (χ2n) is 7.49. The maximum Gasteiger partial charge on any atom is 0.323 e. The Labute approximate surface area is 179 Å². The highest BCUT2D eigenvalue weighted by Gasteiger charge is 2.36. The number of rotatable bonds is 5. The molecule has 1 aliphatic rings. The minimum absolute atomic E-state index is 0.167. The minimum Gasteiger partial charge on any atom is -0.606 e. The third-order valence-electron chi connectivity index (χ3n) is 5.41. The van der Waals surface area contributed by atoms with Crippen molar-refractivity contribution in [3.8, 4) is 0 Å². The molecule has 3 rings (SSSR count). The average Bonchev–Trinajstić information content (AvgIpc) is 2.77. The zero-order valence-electron chi connectivity index (χ0n) is 17.7. The Morgan fingerprint density at radius 3 is 2.30 bits per heavy atom. The molecule has 1 unspecified atom stereocenters. The van der Waals surface area contributed by atoms with Gasteiger partial charge < -0.3 is 18.9 Å². The molecule has 0 radical (unpaired) electrons. The van der Waals surface area contributed by atoms with Crippen LogP contribution in [0.5, 0.6) is 0 Å². The highest BCUT2D eigenvalue weighted by molar-refractivity contribution is 7.91. The lowest BCUT2D eigenvalue weighted by atomic mass is 9.86. The molecule has 0 spiro atoms. The van der Waals surface area contributed by atoms with Crippen LogP contribution in [0.1, 0.15) is 18.4 Å². The quantitative estimate of drug-likeness (QED) is 0.672. The first kappa shape index (κ1) is 22.6. The van der Waals surface area contributed by atoms with Crippen molar-refractivity contribution in [2.45, 2.75) is 28.2 Å². The summed E-state index contributed by atoms with van der Waals surface area (Å²) in [5.41, 5.74) is 0.706. The smallest absolute Gasteiger partial charge is 0.323 e. The first-order valence-electron chi connectivity index (χ1n) is 9.68. The van der Waals surface area contributed by atoms with Crippen LogP contribution in [0.2, 0.25) is 0 Å². The van der Waals surface area contributed by atoms with E-state index in [1.165, 1.54) is 21.9 Å². The fourth-order valence-electron chi connectivity index (χ4n) is 3.58. The largest absolute Gasteiger partial charge is 0.606 e. The number of benzene rings is 2. The Bertz CT molecular complexity index is 885. The molecular formula is C22H27FN2O4S. The van der Waals surface area contributed by atoms with E-state index in [0.717, 1.165) is 0 Å². The molecule has 6 nitrogen and oxygen atoms in total. The number of hydrogen-bond donors (Lipinski definition) is 0. The minimum atomic E-state index is -1.57. The van der Waals surface area contributed by atoms with Crippen LogP contribution in [0.15, 0.2) is 52.3 Å². The van der Waals surface area contributed by atoms with Gasteiger partial charge in [0.15, 0.2) is 9.79 Å². The van der Waals surface area contributed by atoms with Crippen molar-refractivity contribution >= 4 is 22.9 Å². The molecule has 2 amide bonds. The lowest BCUT2D eigenvalue weighted by molar-refractivity contribution is -0.0950. The number of amides is 2. The molecule has 30 heavy (non-hydrogen) atoms. The summed E-state index contributed by atoms with van der Waals surface area (Å²) in [6.45, 7) is 1.06. The van der Waals surface area contributed by atoms with Gasteiger partial charge in [-0.2, -0.15) is 0 Å². The van der Waals surface area contributed by atoms with Gasteiger partial charge in [-0.15, -0.1) is 0 Å². The second kappa shape index (κ2) is 9.34. The Morgan fingerprint density at radius 2 is 1.73 bits per heavy atom. The van der Waals surface area contributed by atoms with Gasteiger partial charge >= 0.3 is 6.03 Å². The summed E-state index contributed by atoms with van der Waals surface area (Å²) in [5.74, 6) is -0.452. The SMILES string of the molecule is COC1(c2cc(F)cc([S+]([O-])c3ccc(N(C)C(=O)N(C)C)cc3)c2)CCOCC1. The molecule has 1 heterocycles. The zero-order chi connectivity index (χ0) is 21.9. The Kier molecular flexibility index (Phi) is 7.02. The molecule has 0 N–H and O–H groups in total. The van der Waals surface area contributed by atoms with E-state index in [1.54, 1.807) is 58.6 Å². The fraction of sp³-hybridized carbons (Fsp3) is 0.409. The maximum absolute atomic E-state index is 14.4. The van der Waals surface area contributed by atoms with Gasteiger partial charge in [0, 0.05) is 77.2 Å². The van der Waals surface area contributed by atoms with Gasteiger partial charge in [-0.1, -0.05) is 0 Å². The normalized spacial score (nSPS) is 16.7. The molecular weight excluding hydrogens is 407 g/mol. The van der Waals surface area contributed by atoms with Crippen LogP contribution in [0.4, 0.5) is 14.9 Å². The highest BCUT2D eigenvalue weighted by Crippen LogP contribution is 2.37.